The number of ether oxygens (including phenoxy) is 1. The Hall–Kier alpha value is -1.09. The van der Waals surface area contributed by atoms with Crippen molar-refractivity contribution in [3.05, 3.63) is 23.8 Å². The standard InChI is InChI=1S/C15H21NO2/c1-11-6-5-8-15(12(11)10-14(17)18-15)13-7-3-4-9-16(13)2/h5-6,10-11,13H,3-4,7-9H2,1-2H3. The third-order valence-corrected chi connectivity index (χ3v) is 4.69. The van der Waals surface area contributed by atoms with E-state index in [-0.39, 0.29) is 11.6 Å². The number of likely N-dealkylation sites (N-methyl/N-ethyl adjacent to an activating group) is 1. The Balaban J connectivity index is 1.99. The molecule has 1 fully saturated rings. The summed E-state index contributed by atoms with van der Waals surface area (Å²) in [6.07, 6.45) is 10.6. The molecule has 1 saturated heterocycles. The number of rotatable bonds is 1. The zero-order valence-corrected chi connectivity index (χ0v) is 11.2. The van der Waals surface area contributed by atoms with Crippen LogP contribution in [0, 0.1) is 5.92 Å². The Morgan fingerprint density at radius 2 is 2.28 bits per heavy atom. The molecule has 3 atom stereocenters. The fourth-order valence-corrected chi connectivity index (χ4v) is 3.80. The summed E-state index contributed by atoms with van der Waals surface area (Å²) in [7, 11) is 2.16. The van der Waals surface area contributed by atoms with Crippen molar-refractivity contribution in [2.75, 3.05) is 13.6 Å². The summed E-state index contributed by atoms with van der Waals surface area (Å²) in [5, 5.41) is 0. The minimum atomic E-state index is -0.375. The number of esters is 1. The van der Waals surface area contributed by atoms with Gasteiger partial charge in [-0.2, -0.15) is 0 Å². The lowest BCUT2D eigenvalue weighted by Gasteiger charge is -2.47. The molecule has 3 unspecified atom stereocenters. The molecule has 98 valence electrons. The highest BCUT2D eigenvalue weighted by molar-refractivity contribution is 5.87. The normalized spacial score (nSPS) is 40.3. The van der Waals surface area contributed by atoms with Crippen molar-refractivity contribution in [1.29, 1.82) is 0 Å². The van der Waals surface area contributed by atoms with Crippen LogP contribution in [0.3, 0.4) is 0 Å². The number of carbonyl (C=O) groups is 1. The fraction of sp³-hybridized carbons (Fsp3) is 0.667. The van der Waals surface area contributed by atoms with Gasteiger partial charge in [-0.15, -0.1) is 0 Å². The number of carbonyl (C=O) groups excluding carboxylic acids is 1. The second-order valence-corrected chi connectivity index (χ2v) is 5.82. The van der Waals surface area contributed by atoms with Crippen molar-refractivity contribution in [2.45, 2.75) is 44.2 Å². The maximum Gasteiger partial charge on any atom is 0.331 e. The zero-order valence-electron chi connectivity index (χ0n) is 11.2. The van der Waals surface area contributed by atoms with Crippen molar-refractivity contribution in [2.24, 2.45) is 5.92 Å². The van der Waals surface area contributed by atoms with Crippen LogP contribution in [0.4, 0.5) is 0 Å². The molecule has 0 radical (unpaired) electrons. The molecular weight excluding hydrogens is 226 g/mol. The highest BCUT2D eigenvalue weighted by Gasteiger charge is 2.52. The predicted octanol–water partition coefficient (Wildman–Crippen LogP) is 2.29. The van der Waals surface area contributed by atoms with Crippen molar-refractivity contribution >= 4 is 5.97 Å². The molecule has 2 aliphatic heterocycles. The molecule has 0 aromatic rings. The van der Waals surface area contributed by atoms with Gasteiger partial charge < -0.3 is 4.74 Å². The van der Waals surface area contributed by atoms with E-state index in [0.29, 0.717) is 12.0 Å². The number of hydrogen-bond donors (Lipinski definition) is 0. The summed E-state index contributed by atoms with van der Waals surface area (Å²) in [5.74, 6) is 0.167. The summed E-state index contributed by atoms with van der Waals surface area (Å²) in [6.45, 7) is 3.26. The smallest absolute Gasteiger partial charge is 0.331 e. The van der Waals surface area contributed by atoms with Gasteiger partial charge in [0.15, 0.2) is 5.60 Å². The second-order valence-electron chi connectivity index (χ2n) is 5.82. The Labute approximate surface area is 108 Å². The van der Waals surface area contributed by atoms with E-state index in [1.54, 1.807) is 6.08 Å². The Bertz CT molecular complexity index is 426. The maximum atomic E-state index is 11.8. The number of nitrogens with zero attached hydrogens (tertiary/aromatic N) is 1. The summed E-state index contributed by atoms with van der Waals surface area (Å²) in [5.41, 5.74) is 0.814. The molecule has 0 amide bonds. The lowest BCUT2D eigenvalue weighted by atomic mass is 9.72. The molecular formula is C15H21NO2. The van der Waals surface area contributed by atoms with Gasteiger partial charge in [-0.3, -0.25) is 4.90 Å². The summed E-state index contributed by atoms with van der Waals surface area (Å²) in [4.78, 5) is 14.1. The molecule has 0 bridgehead atoms. The molecule has 18 heavy (non-hydrogen) atoms. The van der Waals surface area contributed by atoms with Crippen LogP contribution in [0.25, 0.3) is 0 Å². The molecule has 0 saturated carbocycles. The average molecular weight is 247 g/mol. The van der Waals surface area contributed by atoms with Crippen molar-refractivity contribution < 1.29 is 9.53 Å². The monoisotopic (exact) mass is 247 g/mol. The van der Waals surface area contributed by atoms with Crippen LogP contribution in [0.5, 0.6) is 0 Å². The van der Waals surface area contributed by atoms with Gasteiger partial charge >= 0.3 is 5.97 Å². The van der Waals surface area contributed by atoms with E-state index in [0.717, 1.165) is 19.4 Å². The van der Waals surface area contributed by atoms with E-state index in [1.165, 1.54) is 18.4 Å². The quantitative estimate of drug-likeness (QED) is 0.526. The second kappa shape index (κ2) is 4.23. The van der Waals surface area contributed by atoms with Crippen molar-refractivity contribution in [3.63, 3.8) is 0 Å². The molecule has 3 nitrogen and oxygen atoms in total. The number of piperidine rings is 1. The average Bonchev–Trinajstić information content (AvgIpc) is 2.68. The lowest BCUT2D eigenvalue weighted by Crippen LogP contribution is -2.56. The van der Waals surface area contributed by atoms with Crippen LogP contribution in [0.1, 0.15) is 32.6 Å². The molecule has 0 aromatic carbocycles. The van der Waals surface area contributed by atoms with Crippen LogP contribution in [0.2, 0.25) is 0 Å². The molecule has 1 aliphatic carbocycles. The molecule has 0 spiro atoms. The maximum absolute atomic E-state index is 11.8. The summed E-state index contributed by atoms with van der Waals surface area (Å²) >= 11 is 0. The molecule has 3 rings (SSSR count). The Morgan fingerprint density at radius 1 is 1.44 bits per heavy atom. The van der Waals surface area contributed by atoms with Gasteiger partial charge in [0, 0.05) is 12.5 Å². The SMILES string of the molecule is CC1C=CCC2(C3CCCCN3C)OC(=O)C=C12. The van der Waals surface area contributed by atoms with E-state index < -0.39 is 0 Å². The van der Waals surface area contributed by atoms with E-state index >= 15 is 0 Å². The number of likely N-dealkylation sites (tertiary alicyclic amines) is 1. The molecule has 3 aliphatic rings. The van der Waals surface area contributed by atoms with E-state index in [9.17, 15) is 4.79 Å². The Kier molecular flexibility index (Phi) is 2.81. The van der Waals surface area contributed by atoms with Gasteiger partial charge in [-0.05, 0) is 37.9 Å². The first-order valence-corrected chi connectivity index (χ1v) is 6.95. The topological polar surface area (TPSA) is 29.5 Å². The summed E-state index contributed by atoms with van der Waals surface area (Å²) < 4.78 is 5.81. The highest BCUT2D eigenvalue weighted by atomic mass is 16.6. The summed E-state index contributed by atoms with van der Waals surface area (Å²) in [6, 6.07) is 0.344. The first-order valence-electron chi connectivity index (χ1n) is 6.95. The van der Waals surface area contributed by atoms with Crippen molar-refractivity contribution in [1.82, 2.24) is 4.90 Å². The van der Waals surface area contributed by atoms with Gasteiger partial charge in [-0.1, -0.05) is 25.5 Å². The molecule has 2 heterocycles. The number of allylic oxidation sites excluding steroid dienone is 1. The van der Waals surface area contributed by atoms with Gasteiger partial charge in [0.25, 0.3) is 0 Å². The number of fused-ring (bicyclic) bond motifs is 1. The third-order valence-electron chi connectivity index (χ3n) is 4.69. The molecule has 0 aromatic heterocycles. The minimum Gasteiger partial charge on any atom is -0.449 e. The predicted molar refractivity (Wildman–Crippen MR) is 70.1 cm³/mol. The minimum absolute atomic E-state index is 0.153. The zero-order chi connectivity index (χ0) is 12.8. The van der Waals surface area contributed by atoms with Crippen LogP contribution >= 0.6 is 0 Å². The third kappa shape index (κ3) is 1.64. The van der Waals surface area contributed by atoms with Gasteiger partial charge in [-0.25, -0.2) is 4.79 Å². The fourth-order valence-electron chi connectivity index (χ4n) is 3.80. The van der Waals surface area contributed by atoms with Crippen LogP contribution in [0.15, 0.2) is 23.8 Å². The van der Waals surface area contributed by atoms with E-state index in [2.05, 4.69) is 31.0 Å². The van der Waals surface area contributed by atoms with E-state index in [4.69, 9.17) is 4.74 Å². The van der Waals surface area contributed by atoms with Crippen molar-refractivity contribution in [3.8, 4) is 0 Å². The van der Waals surface area contributed by atoms with Crippen LogP contribution in [-0.4, -0.2) is 36.1 Å². The van der Waals surface area contributed by atoms with Crippen LogP contribution in [-0.2, 0) is 9.53 Å². The lowest BCUT2D eigenvalue weighted by molar-refractivity contribution is -0.153. The highest BCUT2D eigenvalue weighted by Crippen LogP contribution is 2.46. The molecule has 3 heteroatoms. The van der Waals surface area contributed by atoms with Crippen LogP contribution < -0.4 is 0 Å². The Morgan fingerprint density at radius 3 is 3.06 bits per heavy atom. The molecule has 0 N–H and O–H groups in total. The number of hydrogen-bond acceptors (Lipinski definition) is 3. The van der Waals surface area contributed by atoms with Gasteiger partial charge in [0.05, 0.1) is 6.04 Å². The van der Waals surface area contributed by atoms with E-state index in [1.807, 2.05) is 0 Å². The van der Waals surface area contributed by atoms with Gasteiger partial charge in [0.1, 0.15) is 0 Å². The first-order chi connectivity index (χ1) is 8.63. The largest absolute Gasteiger partial charge is 0.449 e. The first kappa shape index (κ1) is 12.0. The van der Waals surface area contributed by atoms with Gasteiger partial charge in [0.2, 0.25) is 0 Å².